The molecule has 1 saturated heterocycles. The van der Waals surface area contributed by atoms with Gasteiger partial charge in [-0.15, -0.1) is 0 Å². The quantitative estimate of drug-likeness (QED) is 0.536. The van der Waals surface area contributed by atoms with Gasteiger partial charge in [0.15, 0.2) is 0 Å². The first-order valence-electron chi connectivity index (χ1n) is 4.21. The molecule has 0 aromatic carbocycles. The summed E-state index contributed by atoms with van der Waals surface area (Å²) in [5, 5.41) is 3.63. The smallest absolute Gasteiger partial charge is 0.316 e. The third kappa shape index (κ3) is 5.14. The van der Waals surface area contributed by atoms with E-state index in [0.29, 0.717) is 11.1 Å². The van der Waals surface area contributed by atoms with Gasteiger partial charge >= 0.3 is 41.9 Å². The molecule has 0 saturated carbocycles. The van der Waals surface area contributed by atoms with Crippen LogP contribution in [0.15, 0.2) is 0 Å². The summed E-state index contributed by atoms with van der Waals surface area (Å²) in [5.41, 5.74) is 0.726. The fourth-order valence-electron chi connectivity index (χ4n) is 2.01. The molecule has 0 aromatic heterocycles. The molecule has 1 heterocycles. The van der Waals surface area contributed by atoms with Crippen molar-refractivity contribution in [2.75, 3.05) is 0 Å². The molecule has 0 spiro atoms. The maximum absolute atomic E-state index is 3.63. The van der Waals surface area contributed by atoms with Crippen molar-refractivity contribution in [1.82, 2.24) is 5.32 Å². The van der Waals surface area contributed by atoms with Crippen molar-refractivity contribution in [2.24, 2.45) is 0 Å². The average molecular weight is 176 g/mol. The molecule has 1 nitrogen and oxygen atoms in total. The third-order valence-corrected chi connectivity index (χ3v) is 2.28. The molecule has 1 aliphatic rings. The van der Waals surface area contributed by atoms with Crippen molar-refractivity contribution in [1.29, 1.82) is 0 Å². The van der Waals surface area contributed by atoms with Crippen molar-refractivity contribution in [3.63, 3.8) is 0 Å². The molecular formula is C9H22LiMgN. The molecule has 1 fully saturated rings. The van der Waals surface area contributed by atoms with Gasteiger partial charge < -0.3 is 5.32 Å². The number of hydrogen-bond acceptors (Lipinski definition) is 1. The topological polar surface area (TPSA) is 12.0 Å². The SMILES string of the molecule is CC1(C)CCCC(C)(C)N1.[LiH].[MgH2]. The second kappa shape index (κ2) is 5.27. The van der Waals surface area contributed by atoms with Gasteiger partial charge in [-0.3, -0.25) is 0 Å². The summed E-state index contributed by atoms with van der Waals surface area (Å²) in [7, 11) is 0. The predicted molar refractivity (Wildman–Crippen MR) is 60.8 cm³/mol. The Morgan fingerprint density at radius 3 is 1.42 bits per heavy atom. The molecule has 0 aliphatic carbocycles. The average Bonchev–Trinajstić information content (AvgIpc) is 1.56. The van der Waals surface area contributed by atoms with E-state index in [1.807, 2.05) is 0 Å². The fourth-order valence-corrected chi connectivity index (χ4v) is 2.01. The maximum Gasteiger partial charge on any atom is 0.316 e. The van der Waals surface area contributed by atoms with Crippen LogP contribution >= 0.6 is 0 Å². The Kier molecular flexibility index (Phi) is 6.92. The van der Waals surface area contributed by atoms with Crippen LogP contribution < -0.4 is 5.32 Å². The fraction of sp³-hybridized carbons (Fsp3) is 1.00. The first-order chi connectivity index (χ1) is 4.41. The van der Waals surface area contributed by atoms with E-state index in [9.17, 15) is 0 Å². The van der Waals surface area contributed by atoms with Gasteiger partial charge in [-0.05, 0) is 47.0 Å². The Balaban J connectivity index is 0. The van der Waals surface area contributed by atoms with E-state index < -0.39 is 0 Å². The minimum absolute atomic E-state index is 0. The van der Waals surface area contributed by atoms with Crippen LogP contribution in [0.25, 0.3) is 0 Å². The molecule has 1 rings (SSSR count). The number of hydrogen-bond donors (Lipinski definition) is 1. The standard InChI is InChI=1S/C9H19N.Li.Mg.3H/c1-8(2)6-5-7-9(3,4)10-8;;;;;/h10H,5-7H2,1-4H3;;;;;. The first kappa shape index (κ1) is 15.8. The summed E-state index contributed by atoms with van der Waals surface area (Å²) in [4.78, 5) is 0. The van der Waals surface area contributed by atoms with Gasteiger partial charge in [-0.25, -0.2) is 0 Å². The second-order valence-corrected chi connectivity index (χ2v) is 4.75. The molecule has 12 heavy (non-hydrogen) atoms. The zero-order valence-corrected chi connectivity index (χ0v) is 7.62. The normalized spacial score (nSPS) is 25.0. The molecule has 3 heteroatoms. The van der Waals surface area contributed by atoms with E-state index >= 15 is 0 Å². The van der Waals surface area contributed by atoms with Crippen molar-refractivity contribution in [3.05, 3.63) is 0 Å². The summed E-state index contributed by atoms with van der Waals surface area (Å²) >= 11 is 0. The van der Waals surface area contributed by atoms with E-state index in [-0.39, 0.29) is 41.9 Å². The number of piperidine rings is 1. The van der Waals surface area contributed by atoms with Crippen LogP contribution in [0.3, 0.4) is 0 Å². The van der Waals surface area contributed by atoms with Crippen LogP contribution in [-0.4, -0.2) is 53.0 Å². The minimum atomic E-state index is 0. The first-order valence-corrected chi connectivity index (χ1v) is 4.21. The summed E-state index contributed by atoms with van der Waals surface area (Å²) in [5.74, 6) is 0. The molecular weight excluding hydrogens is 153 g/mol. The predicted octanol–water partition coefficient (Wildman–Crippen LogP) is 0.752. The molecule has 66 valence electrons. The van der Waals surface area contributed by atoms with Crippen LogP contribution in [-0.2, 0) is 0 Å². The Labute approximate surface area is 105 Å². The molecule has 0 atom stereocenters. The Bertz CT molecular complexity index is 120. The molecule has 1 aliphatic heterocycles. The summed E-state index contributed by atoms with van der Waals surface area (Å²) in [6, 6.07) is 0. The van der Waals surface area contributed by atoms with Crippen LogP contribution in [0.2, 0.25) is 0 Å². The van der Waals surface area contributed by atoms with E-state index in [4.69, 9.17) is 0 Å². The zero-order valence-electron chi connectivity index (χ0n) is 7.62. The minimum Gasteiger partial charge on any atom is 0.316 e. The summed E-state index contributed by atoms with van der Waals surface area (Å²) < 4.78 is 0. The summed E-state index contributed by atoms with van der Waals surface area (Å²) in [6.45, 7) is 9.14. The Hall–Kier alpha value is 1.32. The van der Waals surface area contributed by atoms with Gasteiger partial charge in [0.1, 0.15) is 0 Å². The van der Waals surface area contributed by atoms with Crippen molar-refractivity contribution in [3.8, 4) is 0 Å². The van der Waals surface area contributed by atoms with Gasteiger partial charge in [-0.2, -0.15) is 0 Å². The zero-order chi connectivity index (χ0) is 7.83. The van der Waals surface area contributed by atoms with Crippen molar-refractivity contribution >= 4 is 41.9 Å². The Morgan fingerprint density at radius 1 is 0.917 bits per heavy atom. The van der Waals surface area contributed by atoms with Crippen molar-refractivity contribution in [2.45, 2.75) is 58.0 Å². The van der Waals surface area contributed by atoms with Crippen LogP contribution in [0.1, 0.15) is 47.0 Å². The van der Waals surface area contributed by atoms with Gasteiger partial charge in [0, 0.05) is 11.1 Å². The van der Waals surface area contributed by atoms with Gasteiger partial charge in [0.2, 0.25) is 0 Å². The van der Waals surface area contributed by atoms with Crippen molar-refractivity contribution < 1.29 is 0 Å². The maximum atomic E-state index is 3.63. The molecule has 0 radical (unpaired) electrons. The third-order valence-electron chi connectivity index (χ3n) is 2.28. The molecule has 0 amide bonds. The molecule has 1 N–H and O–H groups in total. The van der Waals surface area contributed by atoms with Crippen LogP contribution in [0, 0.1) is 0 Å². The van der Waals surface area contributed by atoms with E-state index in [0.717, 1.165) is 0 Å². The summed E-state index contributed by atoms with van der Waals surface area (Å²) in [6.07, 6.45) is 4.00. The van der Waals surface area contributed by atoms with E-state index in [1.165, 1.54) is 19.3 Å². The number of rotatable bonds is 0. The molecule has 0 bridgehead atoms. The number of nitrogens with one attached hydrogen (secondary N) is 1. The molecule has 0 aromatic rings. The Morgan fingerprint density at radius 2 is 1.25 bits per heavy atom. The second-order valence-electron chi connectivity index (χ2n) is 4.75. The molecule has 0 unspecified atom stereocenters. The van der Waals surface area contributed by atoms with E-state index in [2.05, 4.69) is 33.0 Å². The van der Waals surface area contributed by atoms with Crippen LogP contribution in [0.4, 0.5) is 0 Å². The van der Waals surface area contributed by atoms with Gasteiger partial charge in [0.05, 0.1) is 0 Å². The largest absolute Gasteiger partial charge is 0.316 e. The van der Waals surface area contributed by atoms with Gasteiger partial charge in [-0.1, -0.05) is 0 Å². The van der Waals surface area contributed by atoms with Crippen LogP contribution in [0.5, 0.6) is 0 Å². The van der Waals surface area contributed by atoms with Gasteiger partial charge in [0.25, 0.3) is 0 Å². The monoisotopic (exact) mass is 175 g/mol. The van der Waals surface area contributed by atoms with E-state index in [1.54, 1.807) is 0 Å².